The Kier molecular flexibility index (Phi) is 5.62. The van der Waals surface area contributed by atoms with Gasteiger partial charge in [-0.25, -0.2) is 4.98 Å². The summed E-state index contributed by atoms with van der Waals surface area (Å²) in [6.07, 6.45) is 1.67. The van der Waals surface area contributed by atoms with Gasteiger partial charge in [0.05, 0.1) is 18.3 Å². The first-order valence-electron chi connectivity index (χ1n) is 8.56. The lowest BCUT2D eigenvalue weighted by atomic mass is 10.1. The molecule has 0 bridgehead atoms. The minimum atomic E-state index is 0. The summed E-state index contributed by atoms with van der Waals surface area (Å²) in [5.41, 5.74) is 4.24. The van der Waals surface area contributed by atoms with Crippen molar-refractivity contribution in [2.24, 2.45) is 0 Å². The van der Waals surface area contributed by atoms with Gasteiger partial charge >= 0.3 is 0 Å². The second kappa shape index (κ2) is 8.10. The molecule has 0 aliphatic heterocycles. The molecule has 2 N–H and O–H groups in total. The Labute approximate surface area is 164 Å². The molecule has 0 saturated heterocycles. The standard InChI is InChI=1S/C21H20N4O.ClH/c1-14-9-10-15(2)19(12-14)24-21-23-18-8-4-3-7-17(18)20(25-21)22-13-16-6-5-11-26-16;/h3-12H,13H2,1-2H3,(H2,22,23,24,25);1H. The Morgan fingerprint density at radius 1 is 0.963 bits per heavy atom. The van der Waals surface area contributed by atoms with Gasteiger partial charge in [-0.1, -0.05) is 24.3 Å². The third-order valence-electron chi connectivity index (χ3n) is 4.25. The number of benzene rings is 2. The fraction of sp³-hybridized carbons (Fsp3) is 0.143. The van der Waals surface area contributed by atoms with Crippen molar-refractivity contribution < 1.29 is 4.42 Å². The number of rotatable bonds is 5. The topological polar surface area (TPSA) is 63.0 Å². The maximum absolute atomic E-state index is 5.40. The number of aryl methyl sites for hydroxylation is 2. The molecule has 27 heavy (non-hydrogen) atoms. The minimum absolute atomic E-state index is 0. The van der Waals surface area contributed by atoms with Crippen molar-refractivity contribution in [3.8, 4) is 0 Å². The van der Waals surface area contributed by atoms with E-state index in [2.05, 4.69) is 47.7 Å². The van der Waals surface area contributed by atoms with Crippen LogP contribution in [-0.2, 0) is 6.54 Å². The Bertz CT molecular complexity index is 1050. The highest BCUT2D eigenvalue weighted by atomic mass is 35.5. The number of nitrogens with zero attached hydrogens (tertiary/aromatic N) is 2. The average Bonchev–Trinajstić information content (AvgIpc) is 3.16. The molecule has 6 heteroatoms. The molecule has 138 valence electrons. The molecule has 0 unspecified atom stereocenters. The van der Waals surface area contributed by atoms with Gasteiger partial charge in [-0.2, -0.15) is 4.98 Å². The van der Waals surface area contributed by atoms with Crippen LogP contribution in [0.5, 0.6) is 0 Å². The normalized spacial score (nSPS) is 10.4. The highest BCUT2D eigenvalue weighted by molar-refractivity contribution is 5.90. The highest BCUT2D eigenvalue weighted by Crippen LogP contribution is 2.25. The van der Waals surface area contributed by atoms with Crippen LogP contribution in [0.25, 0.3) is 10.9 Å². The fourth-order valence-corrected chi connectivity index (χ4v) is 2.84. The molecule has 0 atom stereocenters. The quantitative estimate of drug-likeness (QED) is 0.470. The molecule has 0 aliphatic carbocycles. The number of hydrogen-bond donors (Lipinski definition) is 2. The summed E-state index contributed by atoms with van der Waals surface area (Å²) < 4.78 is 5.40. The van der Waals surface area contributed by atoms with Crippen molar-refractivity contribution in [1.82, 2.24) is 9.97 Å². The third kappa shape index (κ3) is 4.20. The van der Waals surface area contributed by atoms with Crippen molar-refractivity contribution in [2.45, 2.75) is 20.4 Å². The van der Waals surface area contributed by atoms with E-state index in [1.807, 2.05) is 36.4 Å². The molecule has 2 aromatic carbocycles. The molecular weight excluding hydrogens is 360 g/mol. The molecule has 0 aliphatic rings. The zero-order valence-electron chi connectivity index (χ0n) is 15.2. The van der Waals surface area contributed by atoms with Crippen molar-refractivity contribution in [2.75, 3.05) is 10.6 Å². The van der Waals surface area contributed by atoms with Crippen LogP contribution in [0.15, 0.2) is 65.3 Å². The maximum atomic E-state index is 5.40. The molecular formula is C21H21ClN4O. The van der Waals surface area contributed by atoms with E-state index in [1.54, 1.807) is 6.26 Å². The number of nitrogens with one attached hydrogen (secondary N) is 2. The average molecular weight is 381 g/mol. The second-order valence-corrected chi connectivity index (χ2v) is 6.29. The van der Waals surface area contributed by atoms with Gasteiger partial charge < -0.3 is 15.1 Å². The minimum Gasteiger partial charge on any atom is -0.467 e. The third-order valence-corrected chi connectivity index (χ3v) is 4.25. The van der Waals surface area contributed by atoms with Crippen LogP contribution >= 0.6 is 12.4 Å². The number of fused-ring (bicyclic) bond motifs is 1. The summed E-state index contributed by atoms with van der Waals surface area (Å²) in [5.74, 6) is 2.20. The largest absolute Gasteiger partial charge is 0.467 e. The van der Waals surface area contributed by atoms with Gasteiger partial charge in [-0.15, -0.1) is 12.4 Å². The first-order chi connectivity index (χ1) is 12.7. The van der Waals surface area contributed by atoms with Gasteiger partial charge in [-0.05, 0) is 55.3 Å². The van der Waals surface area contributed by atoms with Crippen molar-refractivity contribution in [3.05, 3.63) is 77.7 Å². The Morgan fingerprint density at radius 2 is 1.81 bits per heavy atom. The van der Waals surface area contributed by atoms with Gasteiger partial charge in [0.2, 0.25) is 5.95 Å². The van der Waals surface area contributed by atoms with Crippen molar-refractivity contribution in [3.63, 3.8) is 0 Å². The van der Waals surface area contributed by atoms with E-state index in [9.17, 15) is 0 Å². The molecule has 5 nitrogen and oxygen atoms in total. The summed E-state index contributed by atoms with van der Waals surface area (Å²) in [6.45, 7) is 4.71. The molecule has 0 radical (unpaired) electrons. The lowest BCUT2D eigenvalue weighted by Gasteiger charge is -2.13. The number of furan rings is 1. The zero-order chi connectivity index (χ0) is 17.9. The molecule has 4 aromatic rings. The van der Waals surface area contributed by atoms with Crippen LogP contribution in [-0.4, -0.2) is 9.97 Å². The van der Waals surface area contributed by atoms with Gasteiger partial charge in [0.1, 0.15) is 11.6 Å². The lowest BCUT2D eigenvalue weighted by molar-refractivity contribution is 0.518. The zero-order valence-corrected chi connectivity index (χ0v) is 16.0. The number of hydrogen-bond acceptors (Lipinski definition) is 5. The van der Waals surface area contributed by atoms with E-state index < -0.39 is 0 Å². The predicted octanol–water partition coefficient (Wildman–Crippen LogP) is 5.62. The summed E-state index contributed by atoms with van der Waals surface area (Å²) >= 11 is 0. The molecule has 0 fully saturated rings. The smallest absolute Gasteiger partial charge is 0.229 e. The van der Waals surface area contributed by atoms with E-state index in [0.717, 1.165) is 33.7 Å². The fourth-order valence-electron chi connectivity index (χ4n) is 2.84. The van der Waals surface area contributed by atoms with E-state index >= 15 is 0 Å². The second-order valence-electron chi connectivity index (χ2n) is 6.29. The summed E-state index contributed by atoms with van der Waals surface area (Å²) in [4.78, 5) is 9.35. The predicted molar refractivity (Wildman–Crippen MR) is 112 cm³/mol. The van der Waals surface area contributed by atoms with Crippen LogP contribution < -0.4 is 10.6 Å². The Balaban J connectivity index is 0.00000210. The van der Waals surface area contributed by atoms with Gasteiger partial charge in [-0.3, -0.25) is 0 Å². The number of anilines is 3. The Hall–Kier alpha value is -3.05. The van der Waals surface area contributed by atoms with E-state index in [1.165, 1.54) is 5.56 Å². The van der Waals surface area contributed by atoms with Crippen molar-refractivity contribution in [1.29, 1.82) is 0 Å². The molecule has 0 spiro atoms. The molecule has 4 rings (SSSR count). The van der Waals surface area contributed by atoms with E-state index in [0.29, 0.717) is 12.5 Å². The summed E-state index contributed by atoms with van der Waals surface area (Å²) in [6, 6.07) is 18.1. The van der Waals surface area contributed by atoms with Crippen LogP contribution in [0.3, 0.4) is 0 Å². The Morgan fingerprint density at radius 3 is 2.63 bits per heavy atom. The summed E-state index contributed by atoms with van der Waals surface area (Å²) in [7, 11) is 0. The first kappa shape index (κ1) is 18.7. The molecule has 0 amide bonds. The molecule has 0 saturated carbocycles. The number of para-hydroxylation sites is 1. The van der Waals surface area contributed by atoms with Crippen LogP contribution in [0.1, 0.15) is 16.9 Å². The number of aromatic nitrogens is 2. The van der Waals surface area contributed by atoms with E-state index in [-0.39, 0.29) is 12.4 Å². The summed E-state index contributed by atoms with van der Waals surface area (Å²) in [5, 5.41) is 7.69. The number of halogens is 1. The van der Waals surface area contributed by atoms with Gasteiger partial charge in [0, 0.05) is 11.1 Å². The van der Waals surface area contributed by atoms with Crippen LogP contribution in [0.2, 0.25) is 0 Å². The van der Waals surface area contributed by atoms with E-state index in [4.69, 9.17) is 9.40 Å². The van der Waals surface area contributed by atoms with Gasteiger partial charge in [0.25, 0.3) is 0 Å². The monoisotopic (exact) mass is 380 g/mol. The molecule has 2 aromatic heterocycles. The SMILES string of the molecule is Cc1ccc(C)c(Nc2nc(NCc3ccco3)c3ccccc3n2)c1.Cl. The highest BCUT2D eigenvalue weighted by Gasteiger charge is 2.09. The maximum Gasteiger partial charge on any atom is 0.229 e. The van der Waals surface area contributed by atoms with Crippen molar-refractivity contribution >= 4 is 40.8 Å². The lowest BCUT2D eigenvalue weighted by Crippen LogP contribution is -2.06. The molecule has 2 heterocycles. The van der Waals surface area contributed by atoms with Gasteiger partial charge in [0.15, 0.2) is 0 Å². The van der Waals surface area contributed by atoms with Crippen LogP contribution in [0, 0.1) is 13.8 Å². The van der Waals surface area contributed by atoms with Crippen LogP contribution in [0.4, 0.5) is 17.5 Å². The first-order valence-corrected chi connectivity index (χ1v) is 8.56.